The summed E-state index contributed by atoms with van der Waals surface area (Å²) < 4.78 is 9.96. The van der Waals surface area contributed by atoms with Gasteiger partial charge in [0.1, 0.15) is 24.4 Å². The summed E-state index contributed by atoms with van der Waals surface area (Å²) in [5.74, 6) is 1.04. The molecule has 0 bridgehead atoms. The third-order valence-electron chi connectivity index (χ3n) is 3.46. The van der Waals surface area contributed by atoms with Crippen LogP contribution in [0.5, 0.6) is 0 Å². The number of rotatable bonds is 11. The molecule has 0 amide bonds. The number of hydrogen-bond acceptors (Lipinski definition) is 5. The van der Waals surface area contributed by atoms with Crippen molar-refractivity contribution in [2.24, 2.45) is 5.92 Å². The molecule has 1 aromatic heterocycles. The van der Waals surface area contributed by atoms with Gasteiger partial charge in [0, 0.05) is 18.8 Å². The van der Waals surface area contributed by atoms with Crippen LogP contribution in [-0.4, -0.2) is 24.5 Å². The van der Waals surface area contributed by atoms with Crippen molar-refractivity contribution in [3.63, 3.8) is 0 Å². The number of aldehydes is 1. The van der Waals surface area contributed by atoms with Gasteiger partial charge >= 0.3 is 5.97 Å². The van der Waals surface area contributed by atoms with Gasteiger partial charge in [-0.2, -0.15) is 0 Å². The van der Waals surface area contributed by atoms with Crippen molar-refractivity contribution in [2.45, 2.75) is 51.6 Å². The second kappa shape index (κ2) is 10.2. The van der Waals surface area contributed by atoms with E-state index in [4.69, 9.17) is 9.52 Å². The summed E-state index contributed by atoms with van der Waals surface area (Å²) in [6.07, 6.45) is 6.58. The maximum atomic E-state index is 11.1. The highest BCUT2D eigenvalue weighted by molar-refractivity contribution is 5.68. The Bertz CT molecular complexity index is 424. The third kappa shape index (κ3) is 7.09. The van der Waals surface area contributed by atoms with E-state index in [-0.39, 0.29) is 18.5 Å². The highest BCUT2D eigenvalue weighted by Gasteiger charge is 2.11. The van der Waals surface area contributed by atoms with E-state index in [9.17, 15) is 9.59 Å². The SMILES string of the molecule is COC(=O)CCCCCCC(C=O)Cc1ccc(CO)o1. The summed E-state index contributed by atoms with van der Waals surface area (Å²) >= 11 is 0. The van der Waals surface area contributed by atoms with Crippen LogP contribution in [-0.2, 0) is 27.4 Å². The zero-order chi connectivity index (χ0) is 15.5. The van der Waals surface area contributed by atoms with Crippen LogP contribution in [0.1, 0.15) is 50.0 Å². The molecule has 1 unspecified atom stereocenters. The predicted molar refractivity (Wildman–Crippen MR) is 77.6 cm³/mol. The molecule has 1 aromatic rings. The maximum absolute atomic E-state index is 11.1. The Morgan fingerprint density at radius 2 is 2.00 bits per heavy atom. The minimum atomic E-state index is -0.168. The first-order valence-corrected chi connectivity index (χ1v) is 7.40. The fourth-order valence-electron chi connectivity index (χ4n) is 2.23. The first-order valence-electron chi connectivity index (χ1n) is 7.40. The molecule has 0 saturated heterocycles. The molecule has 1 rings (SSSR count). The van der Waals surface area contributed by atoms with Crippen molar-refractivity contribution in [1.82, 2.24) is 0 Å². The molecule has 5 nitrogen and oxygen atoms in total. The number of carbonyl (C=O) groups is 2. The lowest BCUT2D eigenvalue weighted by molar-refractivity contribution is -0.140. The summed E-state index contributed by atoms with van der Waals surface area (Å²) in [4.78, 5) is 22.0. The summed E-state index contributed by atoms with van der Waals surface area (Å²) in [6, 6.07) is 3.53. The molecule has 1 N–H and O–H groups in total. The van der Waals surface area contributed by atoms with Crippen LogP contribution in [0.25, 0.3) is 0 Å². The normalized spacial score (nSPS) is 12.1. The largest absolute Gasteiger partial charge is 0.469 e. The Labute approximate surface area is 125 Å². The number of carbonyl (C=O) groups excluding carboxylic acids is 2. The average molecular weight is 296 g/mol. The van der Waals surface area contributed by atoms with Gasteiger partial charge in [0.15, 0.2) is 0 Å². The topological polar surface area (TPSA) is 76.7 Å². The fraction of sp³-hybridized carbons (Fsp3) is 0.625. The van der Waals surface area contributed by atoms with E-state index in [1.54, 1.807) is 12.1 Å². The molecule has 0 radical (unpaired) electrons. The van der Waals surface area contributed by atoms with Crippen LogP contribution in [0.15, 0.2) is 16.5 Å². The van der Waals surface area contributed by atoms with Gasteiger partial charge in [-0.05, 0) is 25.0 Å². The molecule has 5 heteroatoms. The number of aliphatic hydroxyl groups excluding tert-OH is 1. The summed E-state index contributed by atoms with van der Waals surface area (Å²) in [7, 11) is 1.40. The van der Waals surface area contributed by atoms with Crippen molar-refractivity contribution >= 4 is 12.3 Å². The first kappa shape index (κ1) is 17.4. The van der Waals surface area contributed by atoms with E-state index in [1.807, 2.05) is 0 Å². The number of hydrogen-bond donors (Lipinski definition) is 1. The van der Waals surface area contributed by atoms with Crippen LogP contribution < -0.4 is 0 Å². The van der Waals surface area contributed by atoms with Crippen molar-refractivity contribution < 1.29 is 23.8 Å². The van der Waals surface area contributed by atoms with Crippen molar-refractivity contribution in [2.75, 3.05) is 7.11 Å². The van der Waals surface area contributed by atoms with Gasteiger partial charge in [0.05, 0.1) is 7.11 Å². The van der Waals surface area contributed by atoms with Gasteiger partial charge in [0.2, 0.25) is 0 Å². The van der Waals surface area contributed by atoms with Gasteiger partial charge in [-0.25, -0.2) is 0 Å². The molecule has 0 spiro atoms. The lowest BCUT2D eigenvalue weighted by Gasteiger charge is -2.08. The van der Waals surface area contributed by atoms with E-state index in [0.29, 0.717) is 18.6 Å². The number of methoxy groups -OCH3 is 1. The number of esters is 1. The first-order chi connectivity index (χ1) is 10.2. The van der Waals surface area contributed by atoms with Crippen molar-refractivity contribution in [3.05, 3.63) is 23.7 Å². The van der Waals surface area contributed by atoms with Gasteiger partial charge < -0.3 is 19.1 Å². The number of furan rings is 1. The van der Waals surface area contributed by atoms with E-state index < -0.39 is 0 Å². The summed E-state index contributed by atoms with van der Waals surface area (Å²) in [5.41, 5.74) is 0. The van der Waals surface area contributed by atoms with E-state index in [1.165, 1.54) is 7.11 Å². The van der Waals surface area contributed by atoms with Crippen LogP contribution in [0.3, 0.4) is 0 Å². The van der Waals surface area contributed by atoms with Crippen LogP contribution in [0, 0.1) is 5.92 Å². The minimum absolute atomic E-state index is 0.0525. The molecule has 0 aliphatic heterocycles. The highest BCUT2D eigenvalue weighted by Crippen LogP contribution is 2.17. The molecule has 118 valence electrons. The molecule has 0 aromatic carbocycles. The maximum Gasteiger partial charge on any atom is 0.305 e. The van der Waals surface area contributed by atoms with Crippen LogP contribution in [0.2, 0.25) is 0 Å². The van der Waals surface area contributed by atoms with Gasteiger partial charge in [-0.1, -0.05) is 19.3 Å². The predicted octanol–water partition coefficient (Wildman–Crippen LogP) is 2.64. The second-order valence-electron chi connectivity index (χ2n) is 5.16. The Hall–Kier alpha value is -1.62. The lowest BCUT2D eigenvalue weighted by atomic mass is 9.97. The Balaban J connectivity index is 2.16. The molecule has 1 atom stereocenters. The summed E-state index contributed by atoms with van der Waals surface area (Å²) in [6.45, 7) is -0.119. The van der Waals surface area contributed by atoms with E-state index in [0.717, 1.165) is 44.2 Å². The second-order valence-corrected chi connectivity index (χ2v) is 5.16. The number of unbranched alkanes of at least 4 members (excludes halogenated alkanes) is 3. The van der Waals surface area contributed by atoms with Gasteiger partial charge in [-0.3, -0.25) is 4.79 Å². The molecule has 21 heavy (non-hydrogen) atoms. The Kier molecular flexibility index (Phi) is 8.43. The van der Waals surface area contributed by atoms with Crippen LogP contribution >= 0.6 is 0 Å². The molecule has 0 aliphatic rings. The average Bonchev–Trinajstić information content (AvgIpc) is 2.96. The third-order valence-corrected chi connectivity index (χ3v) is 3.46. The lowest BCUT2D eigenvalue weighted by Crippen LogP contribution is -2.05. The standard InChI is InChI=1S/C16H24O5/c1-20-16(19)7-5-3-2-4-6-13(11-17)10-14-8-9-15(12-18)21-14/h8-9,11,13,18H,2-7,10,12H2,1H3. The fourth-order valence-corrected chi connectivity index (χ4v) is 2.23. The molecular weight excluding hydrogens is 272 g/mol. The number of ether oxygens (including phenoxy) is 1. The Morgan fingerprint density at radius 1 is 1.29 bits per heavy atom. The molecular formula is C16H24O5. The molecule has 0 fully saturated rings. The van der Waals surface area contributed by atoms with Crippen LogP contribution in [0.4, 0.5) is 0 Å². The van der Waals surface area contributed by atoms with Gasteiger partial charge in [-0.15, -0.1) is 0 Å². The molecule has 0 saturated carbocycles. The molecule has 0 aliphatic carbocycles. The van der Waals surface area contributed by atoms with Gasteiger partial charge in [0.25, 0.3) is 0 Å². The zero-order valence-electron chi connectivity index (χ0n) is 12.5. The van der Waals surface area contributed by atoms with Crippen molar-refractivity contribution in [1.29, 1.82) is 0 Å². The zero-order valence-corrected chi connectivity index (χ0v) is 12.5. The smallest absolute Gasteiger partial charge is 0.305 e. The number of aliphatic hydroxyl groups is 1. The van der Waals surface area contributed by atoms with Crippen molar-refractivity contribution in [3.8, 4) is 0 Å². The minimum Gasteiger partial charge on any atom is -0.469 e. The summed E-state index contributed by atoms with van der Waals surface area (Å²) in [5, 5.41) is 8.93. The molecule has 1 heterocycles. The van der Waals surface area contributed by atoms with E-state index in [2.05, 4.69) is 4.74 Å². The quantitative estimate of drug-likeness (QED) is 0.386. The van der Waals surface area contributed by atoms with E-state index >= 15 is 0 Å². The highest BCUT2D eigenvalue weighted by atomic mass is 16.5. The Morgan fingerprint density at radius 3 is 2.62 bits per heavy atom. The monoisotopic (exact) mass is 296 g/mol.